The van der Waals surface area contributed by atoms with E-state index in [2.05, 4.69) is 8.83 Å². The van der Waals surface area contributed by atoms with Crippen LogP contribution in [0, 0.1) is 0 Å². The van der Waals surface area contributed by atoms with Crippen molar-refractivity contribution in [1.82, 2.24) is 9.55 Å². The molecule has 0 aliphatic carbocycles. The van der Waals surface area contributed by atoms with Crippen molar-refractivity contribution in [3.05, 3.63) is 33.1 Å². The minimum Gasteiger partial charge on any atom is -0.387 e. The Kier molecular flexibility index (Phi) is 5.99. The second-order valence-corrected chi connectivity index (χ2v) is 7.77. The summed E-state index contributed by atoms with van der Waals surface area (Å²) in [6.45, 7) is 0. The molecule has 0 bridgehead atoms. The molecule has 2 heterocycles. The second kappa shape index (κ2) is 7.40. The normalized spacial score (nSPS) is 30.1. The highest BCUT2D eigenvalue weighted by Crippen LogP contribution is 2.58. The number of aliphatic hydroxyl groups excluding tert-OH is 2. The van der Waals surface area contributed by atoms with E-state index in [0.717, 1.165) is 12.3 Å². The Morgan fingerprint density at radius 2 is 1.85 bits per heavy atom. The van der Waals surface area contributed by atoms with Crippen LogP contribution in [0.2, 0.25) is 0 Å². The first-order valence-electron chi connectivity index (χ1n) is 6.56. The summed E-state index contributed by atoms with van der Waals surface area (Å²) >= 11 is 0. The fourth-order valence-electron chi connectivity index (χ4n) is 2.10. The first kappa shape index (κ1) is 21.1. The molecule has 1 aromatic rings. The zero-order chi connectivity index (χ0) is 19.9. The van der Waals surface area contributed by atoms with Crippen molar-refractivity contribution in [3.63, 3.8) is 0 Å². The van der Waals surface area contributed by atoms with Gasteiger partial charge in [0, 0.05) is 12.3 Å². The van der Waals surface area contributed by atoms with Crippen LogP contribution >= 0.6 is 15.6 Å². The predicted molar refractivity (Wildman–Crippen MR) is 76.2 cm³/mol. The SMILES string of the molecule is O=c1ccn([C@@H]2O[C@H](C(F)OP(=O)(O)OP(=O)(O)O)[C@@H](O)[C@H]2O)c(=O)[nH]1. The van der Waals surface area contributed by atoms with Crippen LogP contribution in [0.1, 0.15) is 6.23 Å². The average Bonchev–Trinajstić information content (AvgIpc) is 2.72. The molecule has 1 aromatic heterocycles. The first-order valence-corrected chi connectivity index (χ1v) is 9.58. The van der Waals surface area contributed by atoms with Crippen molar-refractivity contribution in [2.75, 3.05) is 0 Å². The van der Waals surface area contributed by atoms with Gasteiger partial charge in [-0.05, 0) is 0 Å². The van der Waals surface area contributed by atoms with Crippen LogP contribution in [0.25, 0.3) is 0 Å². The molecule has 0 spiro atoms. The number of phosphoric ester groups is 1. The maximum atomic E-state index is 14.0. The number of hydrogen-bond donors (Lipinski definition) is 6. The Balaban J connectivity index is 2.18. The van der Waals surface area contributed by atoms with E-state index in [1.54, 1.807) is 0 Å². The largest absolute Gasteiger partial charge is 0.483 e. The summed E-state index contributed by atoms with van der Waals surface area (Å²) in [4.78, 5) is 50.4. The number of aromatic amines is 1. The van der Waals surface area contributed by atoms with E-state index in [0.29, 0.717) is 4.57 Å². The summed E-state index contributed by atoms with van der Waals surface area (Å²) in [5.74, 6) is 0. The number of rotatable bonds is 6. The zero-order valence-corrected chi connectivity index (χ0v) is 14.1. The van der Waals surface area contributed by atoms with Crippen LogP contribution in [0.4, 0.5) is 4.39 Å². The van der Waals surface area contributed by atoms with Gasteiger partial charge in [-0.2, -0.15) is 4.31 Å². The first-order chi connectivity index (χ1) is 11.8. The lowest BCUT2D eigenvalue weighted by molar-refractivity contribution is -0.126. The third-order valence-electron chi connectivity index (χ3n) is 3.10. The topological polar surface area (TPSA) is 218 Å². The fourth-order valence-corrected chi connectivity index (χ4v) is 3.70. The molecular weight excluding hydrogens is 409 g/mol. The van der Waals surface area contributed by atoms with E-state index in [4.69, 9.17) is 19.4 Å². The number of ether oxygens (including phenoxy) is 1. The number of aromatic nitrogens is 2. The molecule has 1 fully saturated rings. The molecule has 1 aliphatic rings. The Morgan fingerprint density at radius 1 is 1.23 bits per heavy atom. The quantitative estimate of drug-likeness (QED) is 0.266. The molecule has 0 saturated carbocycles. The molecule has 1 aliphatic heterocycles. The highest BCUT2D eigenvalue weighted by molar-refractivity contribution is 7.60. The van der Waals surface area contributed by atoms with Crippen LogP contribution in [0.5, 0.6) is 0 Å². The Hall–Kier alpha value is -1.25. The Bertz CT molecular complexity index is 865. The highest BCUT2D eigenvalue weighted by atomic mass is 31.3. The minimum atomic E-state index is -5.60. The average molecular weight is 422 g/mol. The van der Waals surface area contributed by atoms with Gasteiger partial charge in [-0.25, -0.2) is 22.8 Å². The highest BCUT2D eigenvalue weighted by Gasteiger charge is 2.50. The van der Waals surface area contributed by atoms with Gasteiger partial charge in [0.2, 0.25) is 6.36 Å². The molecule has 0 radical (unpaired) electrons. The van der Waals surface area contributed by atoms with Crippen LogP contribution in [0.3, 0.4) is 0 Å². The van der Waals surface area contributed by atoms with Crippen LogP contribution in [-0.4, -0.2) is 59.1 Å². The van der Waals surface area contributed by atoms with E-state index < -0.39 is 57.8 Å². The fraction of sp³-hybridized carbons (Fsp3) is 0.556. The molecule has 0 amide bonds. The van der Waals surface area contributed by atoms with Crippen molar-refractivity contribution in [2.24, 2.45) is 0 Å². The van der Waals surface area contributed by atoms with Crippen LogP contribution in [-0.2, 0) is 22.7 Å². The zero-order valence-electron chi connectivity index (χ0n) is 12.4. The van der Waals surface area contributed by atoms with Gasteiger partial charge in [-0.1, -0.05) is 0 Å². The van der Waals surface area contributed by atoms with Crippen molar-refractivity contribution in [3.8, 4) is 0 Å². The monoisotopic (exact) mass is 422 g/mol. The maximum Gasteiger partial charge on any atom is 0.483 e. The van der Waals surface area contributed by atoms with E-state index in [-0.39, 0.29) is 0 Å². The van der Waals surface area contributed by atoms with Gasteiger partial charge in [-0.3, -0.25) is 14.3 Å². The van der Waals surface area contributed by atoms with Crippen molar-refractivity contribution in [1.29, 1.82) is 0 Å². The molecule has 0 aromatic carbocycles. The molecular formula is C9H13FN2O12P2. The molecule has 2 unspecified atom stereocenters. The summed E-state index contributed by atoms with van der Waals surface area (Å²) in [5, 5.41) is 19.7. The summed E-state index contributed by atoms with van der Waals surface area (Å²) in [7, 11) is -11.1. The van der Waals surface area contributed by atoms with E-state index in [1.807, 2.05) is 4.98 Å². The number of nitrogens with zero attached hydrogens (tertiary/aromatic N) is 1. The predicted octanol–water partition coefficient (Wildman–Crippen LogP) is -2.32. The molecule has 1 saturated heterocycles. The Labute approximate surface area is 142 Å². The minimum absolute atomic E-state index is 0.604. The van der Waals surface area contributed by atoms with Crippen LogP contribution in [0.15, 0.2) is 21.9 Å². The number of hydrogen-bond acceptors (Lipinski definition) is 9. The Morgan fingerprint density at radius 3 is 2.38 bits per heavy atom. The van der Waals surface area contributed by atoms with Crippen molar-refractivity contribution in [2.45, 2.75) is 30.9 Å². The standard InChI is InChI=1S/C9H13FN2O12P2/c10-7(23-26(20,21)24-25(17,18)19)6-4(14)5(15)8(22-6)12-2-1-3(13)11-9(12)16/h1-2,4-8,14-15H,(H,20,21)(H,11,13,16)(H2,17,18,19)/t4-,5+,6-,7?,8+/m0/s1. The van der Waals surface area contributed by atoms with Gasteiger partial charge in [-0.15, -0.1) is 0 Å². The number of nitrogens with one attached hydrogen (secondary N) is 1. The molecule has 26 heavy (non-hydrogen) atoms. The maximum absolute atomic E-state index is 14.0. The van der Waals surface area contributed by atoms with E-state index in [1.165, 1.54) is 0 Å². The van der Waals surface area contributed by atoms with Gasteiger partial charge >= 0.3 is 21.3 Å². The smallest absolute Gasteiger partial charge is 0.387 e. The van der Waals surface area contributed by atoms with Gasteiger partial charge in [0.15, 0.2) is 6.23 Å². The number of alkyl halides is 1. The molecule has 148 valence electrons. The molecule has 17 heteroatoms. The van der Waals surface area contributed by atoms with Gasteiger partial charge in [0.1, 0.15) is 18.3 Å². The lowest BCUT2D eigenvalue weighted by atomic mass is 10.1. The van der Waals surface area contributed by atoms with Gasteiger partial charge < -0.3 is 29.6 Å². The lowest BCUT2D eigenvalue weighted by Crippen LogP contribution is -2.38. The van der Waals surface area contributed by atoms with Gasteiger partial charge in [0.25, 0.3) is 5.56 Å². The molecule has 6 N–H and O–H groups in total. The van der Waals surface area contributed by atoms with Gasteiger partial charge in [0.05, 0.1) is 0 Å². The summed E-state index contributed by atoms with van der Waals surface area (Å²) < 4.78 is 48.6. The van der Waals surface area contributed by atoms with Crippen LogP contribution < -0.4 is 11.2 Å². The third-order valence-corrected chi connectivity index (χ3v) is 5.25. The van der Waals surface area contributed by atoms with E-state index in [9.17, 15) is 33.3 Å². The summed E-state index contributed by atoms with van der Waals surface area (Å²) in [6, 6.07) is 0.871. The number of halogens is 1. The lowest BCUT2D eigenvalue weighted by Gasteiger charge is -2.21. The second-order valence-electron chi connectivity index (χ2n) is 4.99. The van der Waals surface area contributed by atoms with Crippen molar-refractivity contribution >= 4 is 15.6 Å². The van der Waals surface area contributed by atoms with E-state index >= 15 is 0 Å². The summed E-state index contributed by atoms with van der Waals surface area (Å²) in [5.41, 5.74) is -1.85. The number of aliphatic hydroxyl groups is 2. The molecule has 2 rings (SSSR count). The summed E-state index contributed by atoms with van der Waals surface area (Å²) in [6.07, 6.45) is -9.97. The molecule has 6 atom stereocenters. The number of phosphoric acid groups is 2. The number of H-pyrrole nitrogens is 1. The third kappa shape index (κ3) is 4.92. The van der Waals surface area contributed by atoms with Crippen molar-refractivity contribution < 1.29 is 52.0 Å². The molecule has 14 nitrogen and oxygen atoms in total.